The van der Waals surface area contributed by atoms with E-state index in [4.69, 9.17) is 0 Å². The fraction of sp³-hybridized carbons (Fsp3) is 0.188. The lowest BCUT2D eigenvalue weighted by molar-refractivity contribution is 0.632. The second-order valence-corrected chi connectivity index (χ2v) is 5.52. The third-order valence-corrected chi connectivity index (χ3v) is 3.69. The summed E-state index contributed by atoms with van der Waals surface area (Å²) in [5.74, 6) is 1.95. The molecule has 0 bridgehead atoms. The van der Waals surface area contributed by atoms with Crippen LogP contribution in [0.15, 0.2) is 30.7 Å². The first-order valence-corrected chi connectivity index (χ1v) is 7.44. The minimum atomic E-state index is -0.341. The first-order chi connectivity index (χ1) is 11.6. The van der Waals surface area contributed by atoms with E-state index < -0.39 is 0 Å². The standard InChI is InChI=1S/C16H14FN7/c1-9-18-7-11(8-19-9)6-13-14-12(17)4-3-5-24(14)16(21-13)15-20-10(2)22-23-15/h3-5,7-8H,6H2,1-2H3,(H,20,22,23). The Kier molecular flexibility index (Phi) is 3.30. The lowest BCUT2D eigenvalue weighted by Crippen LogP contribution is -1.95. The van der Waals surface area contributed by atoms with E-state index in [1.807, 2.05) is 6.92 Å². The number of imidazole rings is 1. The van der Waals surface area contributed by atoms with Crippen molar-refractivity contribution in [2.24, 2.45) is 0 Å². The summed E-state index contributed by atoms with van der Waals surface area (Å²) in [4.78, 5) is 17.2. The molecule has 0 saturated heterocycles. The molecular formula is C16H14FN7. The lowest BCUT2D eigenvalue weighted by Gasteiger charge is -2.01. The van der Waals surface area contributed by atoms with E-state index in [1.165, 1.54) is 6.07 Å². The number of pyridine rings is 1. The predicted octanol–water partition coefficient (Wildman–Crippen LogP) is 2.26. The Balaban J connectivity index is 1.87. The lowest BCUT2D eigenvalue weighted by atomic mass is 10.1. The summed E-state index contributed by atoms with van der Waals surface area (Å²) in [6, 6.07) is 3.05. The third kappa shape index (κ3) is 2.41. The summed E-state index contributed by atoms with van der Waals surface area (Å²) in [6.45, 7) is 3.62. The molecular weight excluding hydrogens is 309 g/mol. The molecule has 4 aromatic heterocycles. The van der Waals surface area contributed by atoms with E-state index in [-0.39, 0.29) is 5.82 Å². The molecule has 24 heavy (non-hydrogen) atoms. The fourth-order valence-corrected chi connectivity index (χ4v) is 2.60. The average Bonchev–Trinajstić information content (AvgIpc) is 3.14. The fourth-order valence-electron chi connectivity index (χ4n) is 2.60. The molecule has 0 spiro atoms. The van der Waals surface area contributed by atoms with Crippen LogP contribution in [0.1, 0.15) is 22.9 Å². The Morgan fingerprint density at radius 2 is 1.96 bits per heavy atom. The highest BCUT2D eigenvalue weighted by Gasteiger charge is 2.19. The molecule has 0 radical (unpaired) electrons. The maximum atomic E-state index is 14.4. The molecule has 8 heteroatoms. The van der Waals surface area contributed by atoms with Crippen LogP contribution in [0.2, 0.25) is 0 Å². The van der Waals surface area contributed by atoms with Crippen molar-refractivity contribution in [3.63, 3.8) is 0 Å². The Hall–Kier alpha value is -3.16. The maximum absolute atomic E-state index is 14.4. The van der Waals surface area contributed by atoms with Gasteiger partial charge in [-0.2, -0.15) is 5.10 Å². The molecule has 0 saturated carbocycles. The average molecular weight is 323 g/mol. The van der Waals surface area contributed by atoms with Crippen LogP contribution in [0.3, 0.4) is 0 Å². The van der Waals surface area contributed by atoms with Crippen molar-refractivity contribution in [2.45, 2.75) is 20.3 Å². The summed E-state index contributed by atoms with van der Waals surface area (Å²) in [5, 5.41) is 6.91. The van der Waals surface area contributed by atoms with Gasteiger partial charge in [-0.1, -0.05) is 0 Å². The first kappa shape index (κ1) is 14.4. The zero-order chi connectivity index (χ0) is 16.7. The van der Waals surface area contributed by atoms with E-state index in [9.17, 15) is 4.39 Å². The van der Waals surface area contributed by atoms with E-state index >= 15 is 0 Å². The van der Waals surface area contributed by atoms with Crippen molar-refractivity contribution >= 4 is 5.52 Å². The highest BCUT2D eigenvalue weighted by atomic mass is 19.1. The number of rotatable bonds is 3. The highest BCUT2D eigenvalue weighted by molar-refractivity contribution is 5.62. The molecule has 0 unspecified atom stereocenters. The Bertz CT molecular complexity index is 1020. The van der Waals surface area contributed by atoms with Crippen LogP contribution in [0.4, 0.5) is 4.39 Å². The number of aromatic amines is 1. The van der Waals surface area contributed by atoms with Gasteiger partial charge < -0.3 is 0 Å². The van der Waals surface area contributed by atoms with Crippen LogP contribution in [0.25, 0.3) is 17.2 Å². The van der Waals surface area contributed by atoms with Crippen LogP contribution in [-0.2, 0) is 6.42 Å². The molecule has 120 valence electrons. The van der Waals surface area contributed by atoms with Gasteiger partial charge in [-0.05, 0) is 31.5 Å². The van der Waals surface area contributed by atoms with Gasteiger partial charge in [0.15, 0.2) is 5.82 Å². The minimum absolute atomic E-state index is 0.341. The topological polar surface area (TPSA) is 84.6 Å². The molecule has 7 nitrogen and oxygen atoms in total. The number of nitrogens with zero attached hydrogens (tertiary/aromatic N) is 6. The Morgan fingerprint density at radius 1 is 1.17 bits per heavy atom. The van der Waals surface area contributed by atoms with E-state index in [0.29, 0.717) is 40.9 Å². The molecule has 1 N–H and O–H groups in total. The first-order valence-electron chi connectivity index (χ1n) is 7.44. The van der Waals surface area contributed by atoms with Crippen molar-refractivity contribution in [3.8, 4) is 11.6 Å². The predicted molar refractivity (Wildman–Crippen MR) is 84.8 cm³/mol. The minimum Gasteiger partial charge on any atom is -0.294 e. The van der Waals surface area contributed by atoms with Crippen molar-refractivity contribution < 1.29 is 4.39 Å². The van der Waals surface area contributed by atoms with E-state index in [2.05, 4.69) is 30.1 Å². The zero-order valence-electron chi connectivity index (χ0n) is 13.2. The normalized spacial score (nSPS) is 11.3. The monoisotopic (exact) mass is 323 g/mol. The van der Waals surface area contributed by atoms with Crippen LogP contribution < -0.4 is 0 Å². The molecule has 0 aliphatic heterocycles. The second kappa shape index (κ2) is 5.48. The van der Waals surface area contributed by atoms with Crippen LogP contribution in [0, 0.1) is 19.7 Å². The molecule has 0 atom stereocenters. The quantitative estimate of drug-likeness (QED) is 0.625. The van der Waals surface area contributed by atoms with Crippen molar-refractivity contribution in [2.75, 3.05) is 0 Å². The maximum Gasteiger partial charge on any atom is 0.217 e. The number of hydrogen-bond donors (Lipinski definition) is 1. The molecule has 0 amide bonds. The van der Waals surface area contributed by atoms with Gasteiger partial charge in [0, 0.05) is 25.0 Å². The Morgan fingerprint density at radius 3 is 2.67 bits per heavy atom. The molecule has 4 rings (SSSR count). The van der Waals surface area contributed by atoms with Gasteiger partial charge in [-0.3, -0.25) is 9.50 Å². The summed E-state index contributed by atoms with van der Waals surface area (Å²) >= 11 is 0. The SMILES string of the molecule is Cc1ncc(Cc2nc(-c3n[nH]c(C)n3)n3cccc(F)c23)cn1. The van der Waals surface area contributed by atoms with Gasteiger partial charge in [-0.15, -0.1) is 0 Å². The number of halogens is 1. The van der Waals surface area contributed by atoms with Crippen LogP contribution in [-0.4, -0.2) is 34.5 Å². The summed E-state index contributed by atoms with van der Waals surface area (Å²) in [5.41, 5.74) is 1.87. The van der Waals surface area contributed by atoms with Gasteiger partial charge in [0.1, 0.15) is 23.0 Å². The summed E-state index contributed by atoms with van der Waals surface area (Å²) in [6.07, 6.45) is 5.63. The zero-order valence-corrected chi connectivity index (χ0v) is 13.2. The van der Waals surface area contributed by atoms with Crippen LogP contribution >= 0.6 is 0 Å². The molecule has 4 heterocycles. The van der Waals surface area contributed by atoms with Gasteiger partial charge in [0.2, 0.25) is 5.82 Å². The van der Waals surface area contributed by atoms with E-state index in [0.717, 1.165) is 5.56 Å². The largest absolute Gasteiger partial charge is 0.294 e. The van der Waals surface area contributed by atoms with Crippen molar-refractivity contribution in [1.82, 2.24) is 34.5 Å². The molecule has 0 aliphatic rings. The number of aromatic nitrogens is 7. The molecule has 0 fully saturated rings. The number of H-pyrrole nitrogens is 1. The Labute approximate surface area is 136 Å². The summed E-state index contributed by atoms with van der Waals surface area (Å²) in [7, 11) is 0. The van der Waals surface area contributed by atoms with Crippen molar-refractivity contribution in [3.05, 3.63) is 59.4 Å². The number of hydrogen-bond acceptors (Lipinski definition) is 5. The number of nitrogens with one attached hydrogen (secondary N) is 1. The highest BCUT2D eigenvalue weighted by Crippen LogP contribution is 2.24. The number of fused-ring (bicyclic) bond motifs is 1. The molecule has 0 aliphatic carbocycles. The van der Waals surface area contributed by atoms with Crippen LogP contribution in [0.5, 0.6) is 0 Å². The van der Waals surface area contributed by atoms with Gasteiger partial charge in [0.25, 0.3) is 0 Å². The number of aryl methyl sites for hydroxylation is 2. The molecule has 4 aromatic rings. The third-order valence-electron chi connectivity index (χ3n) is 3.69. The van der Waals surface area contributed by atoms with E-state index in [1.54, 1.807) is 36.0 Å². The summed E-state index contributed by atoms with van der Waals surface area (Å²) < 4.78 is 16.1. The smallest absolute Gasteiger partial charge is 0.217 e. The van der Waals surface area contributed by atoms with Gasteiger partial charge >= 0.3 is 0 Å². The second-order valence-electron chi connectivity index (χ2n) is 5.52. The van der Waals surface area contributed by atoms with Gasteiger partial charge in [0.05, 0.1) is 5.69 Å². The van der Waals surface area contributed by atoms with Gasteiger partial charge in [-0.25, -0.2) is 24.3 Å². The van der Waals surface area contributed by atoms with Crippen molar-refractivity contribution in [1.29, 1.82) is 0 Å². The molecule has 0 aromatic carbocycles.